The number of hydrogen-bond acceptors (Lipinski definition) is 8. The highest BCUT2D eigenvalue weighted by Gasteiger charge is 2.38. The molecular weight excluding hydrogens is 1550 g/mol. The molecule has 2 N–H and O–H groups in total. The van der Waals surface area contributed by atoms with Gasteiger partial charge in [-0.3, -0.25) is 19.2 Å². The van der Waals surface area contributed by atoms with Gasteiger partial charge >= 0.3 is 0 Å². The van der Waals surface area contributed by atoms with Gasteiger partial charge in [0.25, 0.3) is 0 Å². The molecule has 0 aliphatic heterocycles. The van der Waals surface area contributed by atoms with Crippen molar-refractivity contribution in [1.29, 1.82) is 0 Å². The van der Waals surface area contributed by atoms with Crippen molar-refractivity contribution >= 4 is 274 Å². The van der Waals surface area contributed by atoms with Crippen LogP contribution < -0.4 is 10.6 Å². The van der Waals surface area contributed by atoms with E-state index in [9.17, 15) is 28.4 Å². The number of carbonyl (C=O) groups excluding carboxylic acids is 5. The summed E-state index contributed by atoms with van der Waals surface area (Å²) in [4.78, 5) is 68.9. The van der Waals surface area contributed by atoms with Gasteiger partial charge in [0.05, 0.1) is 24.1 Å². The van der Waals surface area contributed by atoms with Crippen LogP contribution in [0.15, 0.2) is 128 Å². The molecule has 1 heterocycles. The standard InChI is InChI=1S/C44H45FN4O5.S27/c1-3-42(53)47-39(41(52)25-26-43(54)48-38(40(51)24-19-31(2)50)27-32-20-22-36(45)23-21-32)28-37-29-49(30-46-37)44(33-13-7-4-8-14-33,34-15-9-5-10-16-34)35-17-11-6-12-18-35;1-3-5-7-9-11-13-15-17-19-21-23-25-27-26-24-22-20-18-16-14-12-10-8-6-4-2/h4-18,20-23,29-30,38-39H,3,19,24-28H2,1-2H3,(H,47,53)(H,48,54);/t38-,39+;/m1./s1. The van der Waals surface area contributed by atoms with Crippen LogP contribution in [0.25, 0.3) is 0 Å². The van der Waals surface area contributed by atoms with E-state index in [4.69, 9.17) is 27.4 Å². The van der Waals surface area contributed by atoms with Crippen molar-refractivity contribution in [2.75, 3.05) is 0 Å². The van der Waals surface area contributed by atoms with Crippen LogP contribution in [-0.4, -0.2) is 50.8 Å². The number of nitrogens with one attached hydrogen (secondary N) is 2. The molecule has 2 amide bonds. The number of rotatable bonds is 19. The van der Waals surface area contributed by atoms with Crippen LogP contribution in [0.5, 0.6) is 0 Å². The zero-order valence-corrected chi connectivity index (χ0v) is 63.6. The largest absolute Gasteiger partial charge is 0.346 e. The molecule has 0 spiro atoms. The van der Waals surface area contributed by atoms with Crippen LogP contribution in [0.1, 0.15) is 73.9 Å². The summed E-state index contributed by atoms with van der Waals surface area (Å²) in [5.74, 6) is -2.14. The Morgan fingerprint density at radius 2 is 0.852 bits per heavy atom. The van der Waals surface area contributed by atoms with Crippen LogP contribution in [0.2, 0.25) is 0 Å². The maximum Gasteiger partial charge on any atom is 0.221 e. The molecule has 2 atom stereocenters. The van der Waals surface area contributed by atoms with E-state index in [2.05, 4.69) is 47.0 Å². The van der Waals surface area contributed by atoms with Crippen LogP contribution in [0, 0.1) is 5.82 Å². The lowest BCUT2D eigenvalue weighted by molar-refractivity contribution is -0.130. The van der Waals surface area contributed by atoms with E-state index in [1.165, 1.54) is 49.0 Å². The van der Waals surface area contributed by atoms with E-state index in [1.54, 1.807) is 138 Å². The van der Waals surface area contributed by atoms with Gasteiger partial charge in [0, 0.05) is 289 Å². The van der Waals surface area contributed by atoms with Gasteiger partial charge in [-0.15, -0.1) is 0 Å². The van der Waals surface area contributed by atoms with Gasteiger partial charge in [-0.1, -0.05) is 110 Å². The SMILES string of the molecule is CCC(=O)N[C@@H](Cc1cn(C(c2ccccc2)(c2ccccc2)c2ccccc2)cn1)C(=O)CCC(=O)N[C@H](Cc1ccc(F)cc1)C(=O)CCC(C)=O.S=S=S=S=S=S=S=S=S=S=S=S=S=S=S=S=S=S=S=S=S=S=S=S=S=S=S. The number of aromatic nitrogens is 2. The molecule has 0 unspecified atom stereocenters. The Morgan fingerprint density at radius 3 is 1.22 bits per heavy atom. The molecule has 37 heteroatoms. The van der Waals surface area contributed by atoms with E-state index >= 15 is 0 Å². The van der Waals surface area contributed by atoms with E-state index in [0.717, 1.165) is 16.7 Å². The number of benzene rings is 4. The highest BCUT2D eigenvalue weighted by molar-refractivity contribution is 8.79. The summed E-state index contributed by atoms with van der Waals surface area (Å²) in [5, 5.41) is 5.54. The van der Waals surface area contributed by atoms with Crippen molar-refractivity contribution in [3.05, 3.63) is 162 Å². The van der Waals surface area contributed by atoms with Crippen molar-refractivity contribution in [3.63, 3.8) is 0 Å². The molecule has 0 fully saturated rings. The Kier molecular flexibility index (Phi) is 41.7. The minimum Gasteiger partial charge on any atom is -0.346 e. The second kappa shape index (κ2) is 46.1. The molecule has 4 aromatic carbocycles. The summed E-state index contributed by atoms with van der Waals surface area (Å²) in [7, 11) is 43.6. The number of halogens is 1. The summed E-state index contributed by atoms with van der Waals surface area (Å²) < 4.78 is 15.5. The highest BCUT2D eigenvalue weighted by Crippen LogP contribution is 2.40. The zero-order valence-electron chi connectivity index (χ0n) is 41.6. The van der Waals surface area contributed by atoms with Crippen molar-refractivity contribution < 1.29 is 28.4 Å². The maximum atomic E-state index is 13.7. The van der Waals surface area contributed by atoms with Crippen molar-refractivity contribution in [2.45, 2.75) is 76.4 Å². The number of ketones is 3. The minimum atomic E-state index is -0.962. The fourth-order valence-electron chi connectivity index (χ4n) is 6.90. The molecule has 0 bridgehead atoms. The first kappa shape index (κ1) is 73.4. The molecule has 81 heavy (non-hydrogen) atoms. The summed E-state index contributed by atoms with van der Waals surface area (Å²) in [6.45, 7) is 3.08. The summed E-state index contributed by atoms with van der Waals surface area (Å²) in [6, 6.07) is 33.9. The Bertz CT molecular complexity index is 3990. The molecule has 0 aliphatic carbocycles. The summed E-state index contributed by atoms with van der Waals surface area (Å²) >= 11 is 9.56. The van der Waals surface area contributed by atoms with Gasteiger partial charge in [0.1, 0.15) is 17.1 Å². The molecule has 5 rings (SSSR count). The molecule has 0 radical (unpaired) electrons. The average Bonchev–Trinajstić information content (AvgIpc) is 3.54. The molecular formula is C44H45FN4O5S27. The number of nitrogens with zero attached hydrogens (tertiary/aromatic N) is 2. The summed E-state index contributed by atoms with van der Waals surface area (Å²) in [5.41, 5.74) is 3.39. The lowest BCUT2D eigenvalue weighted by Crippen LogP contribution is -2.44. The molecule has 440 valence electrons. The second-order valence-corrected chi connectivity index (χ2v) is 59.3. The Labute approximate surface area is 551 Å². The summed E-state index contributed by atoms with van der Waals surface area (Å²) in [6.07, 6.45) is 3.52. The van der Waals surface area contributed by atoms with Gasteiger partial charge in [-0.2, -0.15) is 0 Å². The number of carbonyl (C=O) groups is 5. The Balaban J connectivity index is 0.000000442. The van der Waals surface area contributed by atoms with Gasteiger partial charge in [-0.05, 0) is 47.7 Å². The third-order valence-electron chi connectivity index (χ3n) is 10.1. The minimum absolute atomic E-state index is 0.0326. The lowest BCUT2D eigenvalue weighted by Gasteiger charge is -2.37. The van der Waals surface area contributed by atoms with Crippen molar-refractivity contribution in [1.82, 2.24) is 20.2 Å². The number of Topliss-reactive ketones (excluding diaryl/α,β-unsaturated/α-hetero) is 3. The Hall–Kier alpha value is -0.0900. The molecule has 0 saturated heterocycles. The monoisotopic (exact) mass is 1590 g/mol. The maximum absolute atomic E-state index is 13.7. The van der Waals surface area contributed by atoms with Crippen molar-refractivity contribution in [2.24, 2.45) is 0 Å². The fourth-order valence-corrected chi connectivity index (χ4v) is 70.0. The molecule has 5 aromatic rings. The van der Waals surface area contributed by atoms with Crippen LogP contribution in [-0.2, 0) is 287 Å². The number of imidazole rings is 1. The third-order valence-corrected chi connectivity index (χ3v) is 63.5. The van der Waals surface area contributed by atoms with Gasteiger partial charge < -0.3 is 20.0 Å². The quantitative estimate of drug-likeness (QED) is 0.0931. The van der Waals surface area contributed by atoms with Crippen LogP contribution >= 0.6 is 0 Å². The molecule has 1 aromatic heterocycles. The predicted octanol–water partition coefficient (Wildman–Crippen LogP) is 6.25. The first-order valence-electron chi connectivity index (χ1n) is 22.5. The Morgan fingerprint density at radius 1 is 0.494 bits per heavy atom. The van der Waals surface area contributed by atoms with Crippen LogP contribution in [0.3, 0.4) is 0 Å². The first-order chi connectivity index (χ1) is 39.5. The number of hydrogen-bond donors (Lipinski definition) is 2. The van der Waals surface area contributed by atoms with E-state index in [0.29, 0.717) is 11.3 Å². The van der Waals surface area contributed by atoms with Gasteiger partial charge in [-0.25, -0.2) is 9.37 Å². The first-order valence-corrected chi connectivity index (χ1v) is 57.2. The molecule has 0 aliphatic rings. The van der Waals surface area contributed by atoms with E-state index in [-0.39, 0.29) is 68.2 Å². The fraction of sp³-hybridized carbons (Fsp3) is 0.273. The highest BCUT2D eigenvalue weighted by atomic mass is 33.5. The molecule has 9 nitrogen and oxygen atoms in total. The predicted molar refractivity (Wildman–Crippen MR) is 403 cm³/mol. The van der Waals surface area contributed by atoms with Crippen molar-refractivity contribution in [3.8, 4) is 0 Å². The normalized spacial score (nSPS) is 10.8. The van der Waals surface area contributed by atoms with E-state index < -0.39 is 29.3 Å². The average molecular weight is 1590 g/mol. The third kappa shape index (κ3) is 30.1. The van der Waals surface area contributed by atoms with Gasteiger partial charge in [0.15, 0.2) is 11.6 Å². The molecule has 0 saturated carbocycles. The number of amides is 2. The lowest BCUT2D eigenvalue weighted by atomic mass is 9.77. The zero-order chi connectivity index (χ0) is 58.2. The van der Waals surface area contributed by atoms with Gasteiger partial charge in [0.2, 0.25) is 11.8 Å². The van der Waals surface area contributed by atoms with Crippen LogP contribution in [0.4, 0.5) is 4.39 Å². The van der Waals surface area contributed by atoms with E-state index in [1.807, 2.05) is 145 Å². The second-order valence-electron chi connectivity index (χ2n) is 15.0. The topological polar surface area (TPSA) is 127 Å². The smallest absolute Gasteiger partial charge is 0.221 e.